The van der Waals surface area contributed by atoms with Crippen molar-refractivity contribution in [2.75, 3.05) is 19.4 Å². The molecule has 7 heteroatoms. The van der Waals surface area contributed by atoms with Crippen LogP contribution in [0.2, 0.25) is 0 Å². The number of benzene rings is 2. The summed E-state index contributed by atoms with van der Waals surface area (Å²) < 4.78 is 10.9. The van der Waals surface area contributed by atoms with Gasteiger partial charge in [0, 0.05) is 12.1 Å². The average Bonchev–Trinajstić information content (AvgIpc) is 3.41. The largest absolute Gasteiger partial charge is 0.497 e. The van der Waals surface area contributed by atoms with Gasteiger partial charge in [-0.2, -0.15) is 0 Å². The van der Waals surface area contributed by atoms with Crippen molar-refractivity contribution in [1.82, 2.24) is 15.1 Å². The van der Waals surface area contributed by atoms with Gasteiger partial charge in [0.2, 0.25) is 11.8 Å². The van der Waals surface area contributed by atoms with Crippen LogP contribution >= 0.6 is 11.8 Å². The second-order valence-electron chi connectivity index (χ2n) is 7.56. The van der Waals surface area contributed by atoms with E-state index in [0.29, 0.717) is 11.1 Å². The third-order valence-corrected chi connectivity index (χ3v) is 6.07. The molecule has 30 heavy (non-hydrogen) atoms. The number of hydrogen-bond donors (Lipinski definition) is 0. The molecule has 0 saturated carbocycles. The number of rotatable bonds is 6. The van der Waals surface area contributed by atoms with Gasteiger partial charge in [0.05, 0.1) is 18.9 Å². The molecule has 2 aromatic carbocycles. The number of likely N-dealkylation sites (tertiary alicyclic amines) is 1. The van der Waals surface area contributed by atoms with Crippen molar-refractivity contribution >= 4 is 17.7 Å². The summed E-state index contributed by atoms with van der Waals surface area (Å²) in [6, 6.07) is 14.1. The molecule has 1 unspecified atom stereocenters. The Balaban J connectivity index is 1.40. The number of aryl methyl sites for hydroxylation is 2. The van der Waals surface area contributed by atoms with E-state index in [0.717, 1.165) is 30.7 Å². The number of hydrogen-bond acceptors (Lipinski definition) is 6. The SMILES string of the molecule is COc1ccc(-c2nnc(SCC(=O)N3CCCC3c3cc(C)cc(C)c3)o2)cc1. The predicted octanol–water partition coefficient (Wildman–Crippen LogP) is 4.82. The first-order valence-corrected chi connectivity index (χ1v) is 11.0. The first-order chi connectivity index (χ1) is 14.5. The average molecular weight is 424 g/mol. The van der Waals surface area contributed by atoms with Gasteiger partial charge in [-0.25, -0.2) is 0 Å². The van der Waals surface area contributed by atoms with Crippen molar-refractivity contribution in [2.24, 2.45) is 0 Å². The molecule has 1 aromatic heterocycles. The highest BCUT2D eigenvalue weighted by Gasteiger charge is 2.30. The highest BCUT2D eigenvalue weighted by atomic mass is 32.2. The zero-order valence-corrected chi connectivity index (χ0v) is 18.2. The summed E-state index contributed by atoms with van der Waals surface area (Å²) in [5.74, 6) is 1.58. The predicted molar refractivity (Wildman–Crippen MR) is 117 cm³/mol. The van der Waals surface area contributed by atoms with Crippen LogP contribution in [0.4, 0.5) is 0 Å². The molecule has 1 fully saturated rings. The molecule has 1 amide bonds. The molecular formula is C23H25N3O3S. The third-order valence-electron chi connectivity index (χ3n) is 5.26. The van der Waals surface area contributed by atoms with Gasteiger partial charge in [0.1, 0.15) is 5.75 Å². The summed E-state index contributed by atoms with van der Waals surface area (Å²) in [6.45, 7) is 4.99. The van der Waals surface area contributed by atoms with Gasteiger partial charge in [-0.1, -0.05) is 41.1 Å². The van der Waals surface area contributed by atoms with Crippen molar-refractivity contribution in [1.29, 1.82) is 0 Å². The highest BCUT2D eigenvalue weighted by molar-refractivity contribution is 7.99. The lowest BCUT2D eigenvalue weighted by molar-refractivity contribution is -0.129. The van der Waals surface area contributed by atoms with E-state index in [-0.39, 0.29) is 17.7 Å². The molecule has 2 heterocycles. The number of carbonyl (C=O) groups is 1. The van der Waals surface area contributed by atoms with Crippen LogP contribution in [0.15, 0.2) is 52.1 Å². The van der Waals surface area contributed by atoms with Gasteiger partial charge >= 0.3 is 0 Å². The molecule has 156 valence electrons. The fourth-order valence-electron chi connectivity index (χ4n) is 3.94. The zero-order valence-electron chi connectivity index (χ0n) is 17.4. The van der Waals surface area contributed by atoms with Gasteiger partial charge in [-0.05, 0) is 56.5 Å². The van der Waals surface area contributed by atoms with Crippen molar-refractivity contribution in [3.05, 3.63) is 59.2 Å². The van der Waals surface area contributed by atoms with E-state index < -0.39 is 0 Å². The third kappa shape index (κ3) is 4.51. The van der Waals surface area contributed by atoms with Gasteiger partial charge < -0.3 is 14.1 Å². The summed E-state index contributed by atoms with van der Waals surface area (Å²) >= 11 is 1.29. The maximum atomic E-state index is 12.9. The molecule has 1 saturated heterocycles. The minimum absolute atomic E-state index is 0.103. The molecule has 0 radical (unpaired) electrons. The zero-order chi connectivity index (χ0) is 21.1. The van der Waals surface area contributed by atoms with E-state index in [2.05, 4.69) is 42.2 Å². The van der Waals surface area contributed by atoms with E-state index in [4.69, 9.17) is 9.15 Å². The maximum Gasteiger partial charge on any atom is 0.277 e. The lowest BCUT2D eigenvalue weighted by atomic mass is 9.99. The molecule has 3 aromatic rings. The molecule has 1 aliphatic heterocycles. The number of thioether (sulfide) groups is 1. The first kappa shape index (κ1) is 20.5. The van der Waals surface area contributed by atoms with E-state index in [1.807, 2.05) is 29.2 Å². The molecular weight excluding hydrogens is 398 g/mol. The molecule has 0 spiro atoms. The lowest BCUT2D eigenvalue weighted by Crippen LogP contribution is -2.32. The van der Waals surface area contributed by atoms with Crippen molar-refractivity contribution in [2.45, 2.75) is 38.0 Å². The lowest BCUT2D eigenvalue weighted by Gasteiger charge is -2.25. The Morgan fingerprint density at radius 1 is 1.17 bits per heavy atom. The first-order valence-electron chi connectivity index (χ1n) is 10.0. The Morgan fingerprint density at radius 2 is 1.90 bits per heavy atom. The maximum absolute atomic E-state index is 12.9. The Hall–Kier alpha value is -2.80. The number of carbonyl (C=O) groups excluding carboxylic acids is 1. The fraction of sp³-hybridized carbons (Fsp3) is 0.348. The highest BCUT2D eigenvalue weighted by Crippen LogP contribution is 2.34. The molecule has 0 bridgehead atoms. The van der Waals surface area contributed by atoms with Crippen molar-refractivity contribution in [3.8, 4) is 17.2 Å². The van der Waals surface area contributed by atoms with Gasteiger partial charge in [0.15, 0.2) is 0 Å². The second kappa shape index (κ2) is 8.92. The van der Waals surface area contributed by atoms with E-state index in [9.17, 15) is 4.79 Å². The normalized spacial score (nSPS) is 16.1. The van der Waals surface area contributed by atoms with Crippen LogP contribution in [-0.4, -0.2) is 40.4 Å². The molecule has 1 atom stereocenters. The van der Waals surface area contributed by atoms with Crippen LogP contribution in [-0.2, 0) is 4.79 Å². The Labute approximate surface area is 180 Å². The molecule has 6 nitrogen and oxygen atoms in total. The minimum atomic E-state index is 0.103. The monoisotopic (exact) mass is 423 g/mol. The van der Waals surface area contributed by atoms with Gasteiger partial charge in [0.25, 0.3) is 5.22 Å². The summed E-state index contributed by atoms with van der Waals surface area (Å²) in [5, 5.41) is 8.57. The van der Waals surface area contributed by atoms with Gasteiger partial charge in [-0.15, -0.1) is 10.2 Å². The van der Waals surface area contributed by atoms with Crippen LogP contribution < -0.4 is 4.74 Å². The number of ether oxygens (including phenoxy) is 1. The van der Waals surface area contributed by atoms with Crippen molar-refractivity contribution in [3.63, 3.8) is 0 Å². The summed E-state index contributed by atoms with van der Waals surface area (Å²) in [4.78, 5) is 14.9. The molecule has 0 aliphatic carbocycles. The van der Waals surface area contributed by atoms with Crippen LogP contribution in [0.3, 0.4) is 0 Å². The summed E-state index contributed by atoms with van der Waals surface area (Å²) in [7, 11) is 1.62. The minimum Gasteiger partial charge on any atom is -0.497 e. The van der Waals surface area contributed by atoms with Crippen LogP contribution in [0.25, 0.3) is 11.5 Å². The standard InChI is InChI=1S/C23H25N3O3S/c1-15-11-16(2)13-18(12-15)20-5-4-10-26(20)21(27)14-30-23-25-24-22(29-23)17-6-8-19(28-3)9-7-17/h6-9,11-13,20H,4-5,10,14H2,1-3H3. The molecule has 1 aliphatic rings. The quantitative estimate of drug-likeness (QED) is 0.530. The Morgan fingerprint density at radius 3 is 2.60 bits per heavy atom. The van der Waals surface area contributed by atoms with Crippen LogP contribution in [0.1, 0.15) is 35.6 Å². The van der Waals surface area contributed by atoms with E-state index in [1.165, 1.54) is 28.5 Å². The smallest absolute Gasteiger partial charge is 0.277 e. The number of amides is 1. The number of aromatic nitrogens is 2. The molecule has 4 rings (SSSR count). The fourth-order valence-corrected chi connectivity index (χ4v) is 4.59. The van der Waals surface area contributed by atoms with E-state index >= 15 is 0 Å². The Kier molecular flexibility index (Phi) is 6.08. The molecule has 0 N–H and O–H groups in total. The van der Waals surface area contributed by atoms with Crippen molar-refractivity contribution < 1.29 is 13.9 Å². The second-order valence-corrected chi connectivity index (χ2v) is 8.48. The van der Waals surface area contributed by atoms with Crippen LogP contribution in [0.5, 0.6) is 5.75 Å². The number of methoxy groups -OCH3 is 1. The van der Waals surface area contributed by atoms with E-state index in [1.54, 1.807) is 7.11 Å². The van der Waals surface area contributed by atoms with Gasteiger partial charge in [-0.3, -0.25) is 4.79 Å². The summed E-state index contributed by atoms with van der Waals surface area (Å²) in [5.41, 5.74) is 4.50. The number of nitrogens with zero attached hydrogens (tertiary/aromatic N) is 3. The Bertz CT molecular complexity index is 1010. The topological polar surface area (TPSA) is 68.5 Å². The summed E-state index contributed by atoms with van der Waals surface area (Å²) in [6.07, 6.45) is 2.03. The van der Waals surface area contributed by atoms with Crippen LogP contribution in [0, 0.1) is 13.8 Å².